The van der Waals surface area contributed by atoms with Crippen LogP contribution in [0.15, 0.2) is 0 Å². The van der Waals surface area contributed by atoms with Crippen LogP contribution >= 0.6 is 0 Å². The van der Waals surface area contributed by atoms with E-state index in [4.69, 9.17) is 18.9 Å². The quantitative estimate of drug-likeness (QED) is 0.266. The number of hydrogen-bond acceptors (Lipinski definition) is 7. The minimum Gasteiger partial charge on any atom is -0.379 e. The molecule has 0 bridgehead atoms. The molecule has 170 valence electrons. The number of carbonyl (C=O) groups is 3. The van der Waals surface area contributed by atoms with Crippen molar-refractivity contribution in [1.29, 1.82) is 0 Å². The minimum absolute atomic E-state index is 0.00336. The molecule has 7 nitrogen and oxygen atoms in total. The Kier molecular flexibility index (Phi) is 18.1. The number of rotatable bonds is 21. The standard InChI is InChI=1S/C22H40O7/c1-18(2)21(24)8-7-20(23)6-5-10-26-12-14-28-16-17-29-15-13-27-11-9-22(25)19(3)4/h18-19H,5-17H2,1-4H3. The summed E-state index contributed by atoms with van der Waals surface area (Å²) in [5, 5.41) is 0. The Morgan fingerprint density at radius 1 is 0.517 bits per heavy atom. The average Bonchev–Trinajstić information content (AvgIpc) is 2.68. The van der Waals surface area contributed by atoms with Crippen molar-refractivity contribution in [3.63, 3.8) is 0 Å². The lowest BCUT2D eigenvalue weighted by Gasteiger charge is -2.08. The van der Waals surface area contributed by atoms with Crippen molar-refractivity contribution in [3.05, 3.63) is 0 Å². The number of ether oxygens (including phenoxy) is 4. The fraction of sp³-hybridized carbons (Fsp3) is 0.864. The van der Waals surface area contributed by atoms with E-state index in [1.165, 1.54) is 0 Å². The van der Waals surface area contributed by atoms with Crippen molar-refractivity contribution in [2.24, 2.45) is 11.8 Å². The third-order valence-electron chi connectivity index (χ3n) is 4.29. The molecule has 0 radical (unpaired) electrons. The maximum absolute atomic E-state index is 11.7. The van der Waals surface area contributed by atoms with Crippen molar-refractivity contribution in [2.75, 3.05) is 52.9 Å². The van der Waals surface area contributed by atoms with Crippen LogP contribution < -0.4 is 0 Å². The first-order valence-electron chi connectivity index (χ1n) is 10.7. The smallest absolute Gasteiger partial charge is 0.137 e. The Labute approximate surface area is 175 Å². The summed E-state index contributed by atoms with van der Waals surface area (Å²) >= 11 is 0. The Morgan fingerprint density at radius 3 is 1.41 bits per heavy atom. The van der Waals surface area contributed by atoms with E-state index in [0.717, 1.165) is 0 Å². The maximum Gasteiger partial charge on any atom is 0.137 e. The van der Waals surface area contributed by atoms with Gasteiger partial charge in [0.2, 0.25) is 0 Å². The van der Waals surface area contributed by atoms with Crippen molar-refractivity contribution in [2.45, 2.75) is 59.8 Å². The maximum atomic E-state index is 11.7. The van der Waals surface area contributed by atoms with Gasteiger partial charge in [0.1, 0.15) is 17.3 Å². The van der Waals surface area contributed by atoms with E-state index in [9.17, 15) is 14.4 Å². The minimum atomic E-state index is -0.00336. The molecule has 0 aromatic heterocycles. The van der Waals surface area contributed by atoms with Gasteiger partial charge in [-0.15, -0.1) is 0 Å². The van der Waals surface area contributed by atoms with E-state index in [1.807, 2.05) is 27.7 Å². The van der Waals surface area contributed by atoms with Crippen molar-refractivity contribution >= 4 is 17.3 Å². The number of Topliss-reactive ketones (excluding diaryl/α,β-unsaturated/α-hetero) is 3. The third kappa shape index (κ3) is 18.6. The topological polar surface area (TPSA) is 88.1 Å². The fourth-order valence-corrected chi connectivity index (χ4v) is 2.27. The second-order valence-electron chi connectivity index (χ2n) is 7.58. The summed E-state index contributed by atoms with van der Waals surface area (Å²) in [6.07, 6.45) is 2.25. The summed E-state index contributed by atoms with van der Waals surface area (Å²) in [7, 11) is 0. The summed E-state index contributed by atoms with van der Waals surface area (Å²) in [4.78, 5) is 34.5. The van der Waals surface area contributed by atoms with Gasteiger partial charge in [0.05, 0.1) is 46.2 Å². The molecule has 0 aliphatic rings. The number of carbonyl (C=O) groups excluding carboxylic acids is 3. The Bertz CT molecular complexity index is 446. The van der Waals surface area contributed by atoms with E-state index >= 15 is 0 Å². The monoisotopic (exact) mass is 416 g/mol. The summed E-state index contributed by atoms with van der Waals surface area (Å²) < 4.78 is 21.5. The second-order valence-corrected chi connectivity index (χ2v) is 7.58. The molecule has 0 aromatic rings. The van der Waals surface area contributed by atoms with Crippen molar-refractivity contribution < 1.29 is 33.3 Å². The molecule has 0 heterocycles. The Morgan fingerprint density at radius 2 is 0.931 bits per heavy atom. The van der Waals surface area contributed by atoms with Crippen LogP contribution in [0.25, 0.3) is 0 Å². The molecule has 0 saturated carbocycles. The molecule has 7 heteroatoms. The molecular weight excluding hydrogens is 376 g/mol. The molecule has 0 fully saturated rings. The molecule has 0 atom stereocenters. The van der Waals surface area contributed by atoms with E-state index in [2.05, 4.69) is 0 Å². The summed E-state index contributed by atoms with van der Waals surface area (Å²) in [6.45, 7) is 11.3. The fourth-order valence-electron chi connectivity index (χ4n) is 2.27. The molecular formula is C22H40O7. The lowest BCUT2D eigenvalue weighted by atomic mass is 10.0. The van der Waals surface area contributed by atoms with E-state index in [-0.39, 0.29) is 29.2 Å². The molecule has 0 N–H and O–H groups in total. The van der Waals surface area contributed by atoms with Crippen LogP contribution in [0, 0.1) is 11.8 Å². The first kappa shape index (κ1) is 27.8. The molecule has 0 amide bonds. The van der Waals surface area contributed by atoms with Crippen molar-refractivity contribution in [3.8, 4) is 0 Å². The van der Waals surface area contributed by atoms with Gasteiger partial charge in [-0.3, -0.25) is 14.4 Å². The van der Waals surface area contributed by atoms with Gasteiger partial charge < -0.3 is 18.9 Å². The van der Waals surface area contributed by atoms with Gasteiger partial charge in [0.15, 0.2) is 0 Å². The van der Waals surface area contributed by atoms with Crippen LogP contribution in [-0.4, -0.2) is 70.2 Å². The molecule has 0 rings (SSSR count). The van der Waals surface area contributed by atoms with Crippen LogP contribution in [0.5, 0.6) is 0 Å². The van der Waals surface area contributed by atoms with Gasteiger partial charge in [0, 0.05) is 44.1 Å². The third-order valence-corrected chi connectivity index (χ3v) is 4.29. The van der Waals surface area contributed by atoms with Crippen LogP contribution in [-0.2, 0) is 33.3 Å². The molecule has 0 spiro atoms. The Balaban J connectivity index is 3.25. The zero-order valence-electron chi connectivity index (χ0n) is 18.7. The van der Waals surface area contributed by atoms with Gasteiger partial charge in [-0.25, -0.2) is 0 Å². The highest BCUT2D eigenvalue weighted by Crippen LogP contribution is 2.05. The highest BCUT2D eigenvalue weighted by atomic mass is 16.6. The summed E-state index contributed by atoms with van der Waals surface area (Å²) in [5.74, 6) is 0.528. The van der Waals surface area contributed by atoms with Gasteiger partial charge in [-0.1, -0.05) is 27.7 Å². The average molecular weight is 417 g/mol. The van der Waals surface area contributed by atoms with Gasteiger partial charge in [0.25, 0.3) is 0 Å². The van der Waals surface area contributed by atoms with Crippen LogP contribution in [0.1, 0.15) is 59.8 Å². The lowest BCUT2D eigenvalue weighted by molar-refractivity contribution is -0.126. The predicted octanol–water partition coefficient (Wildman–Crippen LogP) is 3.02. The highest BCUT2D eigenvalue weighted by Gasteiger charge is 2.10. The summed E-state index contributed by atoms with van der Waals surface area (Å²) in [6, 6.07) is 0. The second kappa shape index (κ2) is 18.9. The van der Waals surface area contributed by atoms with Crippen molar-refractivity contribution in [1.82, 2.24) is 0 Å². The molecule has 0 aliphatic carbocycles. The first-order chi connectivity index (χ1) is 13.8. The molecule has 29 heavy (non-hydrogen) atoms. The zero-order valence-corrected chi connectivity index (χ0v) is 18.7. The first-order valence-corrected chi connectivity index (χ1v) is 10.7. The van der Waals surface area contributed by atoms with E-state index in [0.29, 0.717) is 85.0 Å². The van der Waals surface area contributed by atoms with Crippen LogP contribution in [0.2, 0.25) is 0 Å². The summed E-state index contributed by atoms with van der Waals surface area (Å²) in [5.41, 5.74) is 0. The molecule has 0 unspecified atom stereocenters. The lowest BCUT2D eigenvalue weighted by Crippen LogP contribution is -2.14. The Hall–Kier alpha value is -1.15. The SMILES string of the molecule is CC(C)C(=O)CCOCCOCCOCCOCCCC(=O)CCC(=O)C(C)C. The van der Waals surface area contributed by atoms with Crippen LogP contribution in [0.3, 0.4) is 0 Å². The highest BCUT2D eigenvalue weighted by molar-refractivity contribution is 5.86. The molecule has 0 aliphatic heterocycles. The predicted molar refractivity (Wildman–Crippen MR) is 111 cm³/mol. The normalized spacial score (nSPS) is 11.4. The van der Waals surface area contributed by atoms with Gasteiger partial charge in [-0.2, -0.15) is 0 Å². The van der Waals surface area contributed by atoms with Gasteiger partial charge >= 0.3 is 0 Å². The van der Waals surface area contributed by atoms with Crippen LogP contribution in [0.4, 0.5) is 0 Å². The van der Waals surface area contributed by atoms with E-state index in [1.54, 1.807) is 0 Å². The zero-order chi connectivity index (χ0) is 21.9. The number of ketones is 3. The number of hydrogen-bond donors (Lipinski definition) is 0. The molecule has 0 aromatic carbocycles. The molecule has 0 saturated heterocycles. The van der Waals surface area contributed by atoms with E-state index < -0.39 is 0 Å². The van der Waals surface area contributed by atoms with Gasteiger partial charge in [-0.05, 0) is 6.42 Å². The largest absolute Gasteiger partial charge is 0.379 e.